The zero-order valence-electron chi connectivity index (χ0n) is 10.1. The van der Waals surface area contributed by atoms with Gasteiger partial charge in [0, 0.05) is 0 Å². The minimum atomic E-state index is -1.29. The zero-order chi connectivity index (χ0) is 12.8. The van der Waals surface area contributed by atoms with E-state index in [9.17, 15) is 4.79 Å². The van der Waals surface area contributed by atoms with Crippen molar-refractivity contribution in [3.05, 3.63) is 29.8 Å². The summed E-state index contributed by atoms with van der Waals surface area (Å²) >= 11 is 0. The monoisotopic (exact) mass is 238 g/mol. The van der Waals surface area contributed by atoms with Crippen LogP contribution < -0.4 is 4.74 Å². The number of aliphatic hydroxyl groups excluding tert-OH is 1. The molecule has 0 fully saturated rings. The number of carbonyl (C=O) groups is 1. The first-order valence-corrected chi connectivity index (χ1v) is 5.65. The molecule has 94 valence electrons. The van der Waals surface area contributed by atoms with Gasteiger partial charge in [0.25, 0.3) is 0 Å². The molecule has 1 atom stereocenters. The molecule has 1 aromatic carbocycles. The molecular formula is C13H18O4. The number of aliphatic carboxylic acids is 1. The summed E-state index contributed by atoms with van der Waals surface area (Å²) in [4.78, 5) is 10.4. The molecule has 1 unspecified atom stereocenters. The number of hydrogen-bond donors (Lipinski definition) is 2. The molecule has 4 nitrogen and oxygen atoms in total. The van der Waals surface area contributed by atoms with Gasteiger partial charge in [-0.05, 0) is 44.4 Å². The summed E-state index contributed by atoms with van der Waals surface area (Å²) in [7, 11) is 0. The lowest BCUT2D eigenvalue weighted by molar-refractivity contribution is -0.146. The summed E-state index contributed by atoms with van der Waals surface area (Å²) in [5.74, 6) is -0.382. The van der Waals surface area contributed by atoms with Gasteiger partial charge in [-0.3, -0.25) is 0 Å². The Morgan fingerprint density at radius 2 is 1.88 bits per heavy atom. The third-order valence-corrected chi connectivity index (χ3v) is 2.29. The summed E-state index contributed by atoms with van der Waals surface area (Å²) in [6, 6.07) is 7.46. The van der Waals surface area contributed by atoms with Crippen molar-refractivity contribution in [3.63, 3.8) is 0 Å². The van der Waals surface area contributed by atoms with E-state index in [-0.39, 0.29) is 12.5 Å². The fourth-order valence-corrected chi connectivity index (χ4v) is 1.43. The van der Waals surface area contributed by atoms with Gasteiger partial charge < -0.3 is 14.9 Å². The Hall–Kier alpha value is -1.55. The first-order valence-electron chi connectivity index (χ1n) is 5.65. The smallest absolute Gasteiger partial charge is 0.332 e. The van der Waals surface area contributed by atoms with Crippen molar-refractivity contribution in [1.29, 1.82) is 0 Å². The Morgan fingerprint density at radius 3 is 2.35 bits per heavy atom. The van der Waals surface area contributed by atoms with Gasteiger partial charge in [-0.25, -0.2) is 4.79 Å². The van der Waals surface area contributed by atoms with Crippen LogP contribution in [0.2, 0.25) is 0 Å². The predicted octanol–water partition coefficient (Wildman–Crippen LogP) is 1.85. The van der Waals surface area contributed by atoms with E-state index in [0.717, 1.165) is 11.3 Å². The van der Waals surface area contributed by atoms with Gasteiger partial charge in [-0.1, -0.05) is 12.1 Å². The van der Waals surface area contributed by atoms with Crippen LogP contribution in [0, 0.1) is 0 Å². The Morgan fingerprint density at radius 1 is 1.29 bits per heavy atom. The molecule has 0 aliphatic heterocycles. The summed E-state index contributed by atoms with van der Waals surface area (Å²) in [5, 5.41) is 17.7. The van der Waals surface area contributed by atoms with E-state index in [1.807, 2.05) is 38.1 Å². The number of benzene rings is 1. The Kier molecular flexibility index (Phi) is 4.97. The van der Waals surface area contributed by atoms with Crippen LogP contribution in [0.4, 0.5) is 0 Å². The summed E-state index contributed by atoms with van der Waals surface area (Å²) in [6.45, 7) is 3.91. The van der Waals surface area contributed by atoms with Crippen LogP contribution in [0.3, 0.4) is 0 Å². The van der Waals surface area contributed by atoms with Gasteiger partial charge in [0.15, 0.2) is 6.10 Å². The first kappa shape index (κ1) is 13.5. The van der Waals surface area contributed by atoms with E-state index in [0.29, 0.717) is 6.42 Å². The maximum absolute atomic E-state index is 10.4. The van der Waals surface area contributed by atoms with Crippen molar-refractivity contribution in [2.45, 2.75) is 38.9 Å². The van der Waals surface area contributed by atoms with Crippen LogP contribution in [0.5, 0.6) is 5.75 Å². The Labute approximate surface area is 101 Å². The average Bonchev–Trinajstić information content (AvgIpc) is 2.26. The average molecular weight is 238 g/mol. The van der Waals surface area contributed by atoms with Crippen LogP contribution in [0.15, 0.2) is 24.3 Å². The fraction of sp³-hybridized carbons (Fsp3) is 0.462. The lowest BCUT2D eigenvalue weighted by Gasteiger charge is -2.10. The quantitative estimate of drug-likeness (QED) is 0.793. The molecule has 0 aliphatic rings. The number of carboxylic acids is 1. The molecule has 0 amide bonds. The van der Waals surface area contributed by atoms with Gasteiger partial charge in [0.1, 0.15) is 5.75 Å². The minimum Gasteiger partial charge on any atom is -0.491 e. The van der Waals surface area contributed by atoms with Crippen molar-refractivity contribution >= 4 is 5.97 Å². The number of hydrogen-bond acceptors (Lipinski definition) is 3. The van der Waals surface area contributed by atoms with Crippen LogP contribution in [-0.4, -0.2) is 28.4 Å². The topological polar surface area (TPSA) is 66.8 Å². The summed E-state index contributed by atoms with van der Waals surface area (Å²) in [5.41, 5.74) is 0.987. The van der Waals surface area contributed by atoms with Crippen molar-refractivity contribution in [2.24, 2.45) is 0 Å². The second kappa shape index (κ2) is 6.25. The zero-order valence-corrected chi connectivity index (χ0v) is 10.1. The second-order valence-electron chi connectivity index (χ2n) is 4.20. The molecule has 4 heteroatoms. The molecule has 0 heterocycles. The van der Waals surface area contributed by atoms with E-state index >= 15 is 0 Å². The van der Waals surface area contributed by atoms with Crippen LogP contribution in [0.25, 0.3) is 0 Å². The SMILES string of the molecule is CC(C)Oc1ccc(CCC(O)C(=O)O)cc1. The van der Waals surface area contributed by atoms with Crippen molar-refractivity contribution in [3.8, 4) is 5.75 Å². The molecule has 17 heavy (non-hydrogen) atoms. The molecule has 2 N–H and O–H groups in total. The van der Waals surface area contributed by atoms with E-state index < -0.39 is 12.1 Å². The third-order valence-electron chi connectivity index (χ3n) is 2.29. The van der Waals surface area contributed by atoms with Gasteiger partial charge >= 0.3 is 5.97 Å². The standard InChI is InChI=1S/C13H18O4/c1-9(2)17-11-6-3-10(4-7-11)5-8-12(14)13(15)16/h3-4,6-7,9,12,14H,5,8H2,1-2H3,(H,15,16). The highest BCUT2D eigenvalue weighted by Gasteiger charge is 2.12. The van der Waals surface area contributed by atoms with Gasteiger partial charge in [0.2, 0.25) is 0 Å². The predicted molar refractivity (Wildman–Crippen MR) is 64.2 cm³/mol. The highest BCUT2D eigenvalue weighted by Crippen LogP contribution is 2.15. The first-order chi connectivity index (χ1) is 7.99. The molecule has 0 aliphatic carbocycles. The van der Waals surface area contributed by atoms with E-state index in [1.165, 1.54) is 0 Å². The van der Waals surface area contributed by atoms with Gasteiger partial charge in [-0.2, -0.15) is 0 Å². The van der Waals surface area contributed by atoms with Crippen LogP contribution in [-0.2, 0) is 11.2 Å². The highest BCUT2D eigenvalue weighted by molar-refractivity contribution is 5.71. The number of rotatable bonds is 6. The normalized spacial score (nSPS) is 12.5. The Bertz CT molecular complexity index is 356. The molecule has 1 aromatic rings. The number of ether oxygens (including phenoxy) is 1. The van der Waals surface area contributed by atoms with Crippen molar-refractivity contribution in [2.75, 3.05) is 0 Å². The van der Waals surface area contributed by atoms with Crippen LogP contribution in [0.1, 0.15) is 25.8 Å². The number of aryl methyl sites for hydroxylation is 1. The summed E-state index contributed by atoms with van der Waals surface area (Å²) in [6.07, 6.45) is -0.397. The second-order valence-corrected chi connectivity index (χ2v) is 4.20. The van der Waals surface area contributed by atoms with Gasteiger partial charge in [-0.15, -0.1) is 0 Å². The molecule has 0 radical (unpaired) electrons. The largest absolute Gasteiger partial charge is 0.491 e. The fourth-order valence-electron chi connectivity index (χ4n) is 1.43. The van der Waals surface area contributed by atoms with Crippen molar-refractivity contribution in [1.82, 2.24) is 0 Å². The maximum Gasteiger partial charge on any atom is 0.332 e. The van der Waals surface area contributed by atoms with E-state index in [1.54, 1.807) is 0 Å². The molecule has 0 saturated carbocycles. The number of aliphatic hydroxyl groups is 1. The molecular weight excluding hydrogens is 220 g/mol. The minimum absolute atomic E-state index is 0.134. The maximum atomic E-state index is 10.4. The summed E-state index contributed by atoms with van der Waals surface area (Å²) < 4.78 is 5.49. The molecule has 0 aromatic heterocycles. The molecule has 0 bridgehead atoms. The third kappa shape index (κ3) is 4.87. The molecule has 0 saturated heterocycles. The van der Waals surface area contributed by atoms with Crippen LogP contribution >= 0.6 is 0 Å². The molecule has 1 rings (SSSR count). The lowest BCUT2D eigenvalue weighted by atomic mass is 10.1. The van der Waals surface area contributed by atoms with Gasteiger partial charge in [0.05, 0.1) is 6.10 Å². The molecule has 0 spiro atoms. The lowest BCUT2D eigenvalue weighted by Crippen LogP contribution is -2.19. The van der Waals surface area contributed by atoms with Crippen molar-refractivity contribution < 1.29 is 19.7 Å². The van der Waals surface area contributed by atoms with E-state index in [4.69, 9.17) is 14.9 Å². The number of carboxylic acid groups (broad SMARTS) is 1. The Balaban J connectivity index is 2.48. The van der Waals surface area contributed by atoms with E-state index in [2.05, 4.69) is 0 Å². The highest BCUT2D eigenvalue weighted by atomic mass is 16.5.